The quantitative estimate of drug-likeness (QED) is 0.497. The first kappa shape index (κ1) is 21.6. The van der Waals surface area contributed by atoms with Crippen molar-refractivity contribution < 1.29 is 19.0 Å². The molecule has 0 saturated heterocycles. The summed E-state index contributed by atoms with van der Waals surface area (Å²) in [6.45, 7) is 9.04. The highest BCUT2D eigenvalue weighted by atomic mass is 32.1. The van der Waals surface area contributed by atoms with Crippen molar-refractivity contribution in [2.45, 2.75) is 34.3 Å². The van der Waals surface area contributed by atoms with Gasteiger partial charge in [0, 0.05) is 11.8 Å². The molecule has 0 radical (unpaired) electrons. The van der Waals surface area contributed by atoms with Crippen LogP contribution >= 0.6 is 11.3 Å². The molecule has 0 spiro atoms. The van der Waals surface area contributed by atoms with Gasteiger partial charge in [0.25, 0.3) is 5.91 Å². The number of anilines is 1. The molecule has 1 amide bonds. The summed E-state index contributed by atoms with van der Waals surface area (Å²) < 4.78 is 17.0. The van der Waals surface area contributed by atoms with Gasteiger partial charge < -0.3 is 19.5 Å². The van der Waals surface area contributed by atoms with E-state index in [-0.39, 0.29) is 5.91 Å². The molecule has 0 unspecified atom stereocenters. The Balaban J connectivity index is 1.68. The third-order valence-electron chi connectivity index (χ3n) is 4.23. The molecule has 0 bridgehead atoms. The molecule has 3 aromatic rings. The number of carbonyl (C=O) groups excluding carboxylic acids is 1. The summed E-state index contributed by atoms with van der Waals surface area (Å²) in [5.74, 6) is 1.82. The van der Waals surface area contributed by atoms with E-state index in [4.69, 9.17) is 14.2 Å². The summed E-state index contributed by atoms with van der Waals surface area (Å²) in [5.41, 5.74) is 2.49. The van der Waals surface area contributed by atoms with Gasteiger partial charge in [0.05, 0.1) is 18.9 Å². The van der Waals surface area contributed by atoms with Gasteiger partial charge in [-0.2, -0.15) is 0 Å². The van der Waals surface area contributed by atoms with Crippen LogP contribution in [0.25, 0.3) is 0 Å². The summed E-state index contributed by atoms with van der Waals surface area (Å²) in [4.78, 5) is 17.8. The van der Waals surface area contributed by atoms with Gasteiger partial charge >= 0.3 is 0 Å². The number of amides is 1. The summed E-state index contributed by atoms with van der Waals surface area (Å²) >= 11 is 1.33. The van der Waals surface area contributed by atoms with Crippen molar-refractivity contribution in [1.82, 2.24) is 4.98 Å². The van der Waals surface area contributed by atoms with E-state index in [1.54, 1.807) is 18.2 Å². The average molecular weight is 427 g/mol. The molecule has 0 fully saturated rings. The first-order chi connectivity index (χ1) is 14.5. The maximum Gasteiger partial charge on any atom is 0.267 e. The molecule has 3 rings (SSSR count). The molecule has 0 saturated carbocycles. The van der Waals surface area contributed by atoms with Crippen LogP contribution in [0.3, 0.4) is 0 Å². The second kappa shape index (κ2) is 10.1. The third-order valence-corrected chi connectivity index (χ3v) is 5.36. The largest absolute Gasteiger partial charge is 0.490 e. The van der Waals surface area contributed by atoms with Crippen LogP contribution in [0, 0.1) is 13.8 Å². The SMILES string of the molecule is CCOc1ccc(NC(=O)c2sc(COc3ccc(C)cc3)nc2C)cc1OCC. The van der Waals surface area contributed by atoms with Gasteiger partial charge in [-0.25, -0.2) is 4.98 Å². The van der Waals surface area contributed by atoms with Gasteiger partial charge in [0.15, 0.2) is 11.5 Å². The van der Waals surface area contributed by atoms with E-state index in [0.717, 1.165) is 10.8 Å². The van der Waals surface area contributed by atoms with Gasteiger partial charge in [0.1, 0.15) is 22.2 Å². The number of nitrogens with one attached hydrogen (secondary N) is 1. The highest BCUT2D eigenvalue weighted by Gasteiger charge is 2.17. The molecule has 30 heavy (non-hydrogen) atoms. The predicted octanol–water partition coefficient (Wildman–Crippen LogP) is 5.39. The summed E-state index contributed by atoms with van der Waals surface area (Å²) in [6.07, 6.45) is 0. The zero-order chi connectivity index (χ0) is 21.5. The highest BCUT2D eigenvalue weighted by Crippen LogP contribution is 2.31. The van der Waals surface area contributed by atoms with Crippen LogP contribution < -0.4 is 19.5 Å². The van der Waals surface area contributed by atoms with Crippen molar-refractivity contribution in [2.24, 2.45) is 0 Å². The zero-order valence-electron chi connectivity index (χ0n) is 17.7. The Labute approximate surface area is 180 Å². The first-order valence-electron chi connectivity index (χ1n) is 9.87. The molecule has 0 aliphatic carbocycles. The Kier molecular flexibility index (Phi) is 7.30. The first-order valence-corrected chi connectivity index (χ1v) is 10.7. The van der Waals surface area contributed by atoms with Gasteiger partial charge in [-0.15, -0.1) is 11.3 Å². The Morgan fingerprint density at radius 2 is 1.67 bits per heavy atom. The Morgan fingerprint density at radius 3 is 2.37 bits per heavy atom. The van der Waals surface area contributed by atoms with E-state index in [9.17, 15) is 4.79 Å². The molecule has 158 valence electrons. The fraction of sp³-hybridized carbons (Fsp3) is 0.304. The minimum absolute atomic E-state index is 0.210. The number of hydrogen-bond donors (Lipinski definition) is 1. The lowest BCUT2D eigenvalue weighted by molar-refractivity contribution is 0.103. The highest BCUT2D eigenvalue weighted by molar-refractivity contribution is 7.13. The smallest absolute Gasteiger partial charge is 0.267 e. The number of hydrogen-bond acceptors (Lipinski definition) is 6. The normalized spacial score (nSPS) is 10.5. The van der Waals surface area contributed by atoms with Crippen molar-refractivity contribution in [3.05, 3.63) is 63.6 Å². The van der Waals surface area contributed by atoms with Crippen LogP contribution in [-0.2, 0) is 6.61 Å². The fourth-order valence-electron chi connectivity index (χ4n) is 2.82. The minimum atomic E-state index is -0.210. The summed E-state index contributed by atoms with van der Waals surface area (Å²) in [5, 5.41) is 3.67. The average Bonchev–Trinajstić information content (AvgIpc) is 3.10. The maximum atomic E-state index is 12.8. The molecular formula is C23H26N2O4S. The molecule has 0 aliphatic rings. The number of nitrogens with zero attached hydrogens (tertiary/aromatic N) is 1. The molecule has 1 N–H and O–H groups in total. The van der Waals surface area contributed by atoms with Crippen molar-refractivity contribution in [3.8, 4) is 17.2 Å². The van der Waals surface area contributed by atoms with Crippen molar-refractivity contribution in [1.29, 1.82) is 0 Å². The van der Waals surface area contributed by atoms with Crippen LogP contribution in [0.4, 0.5) is 5.69 Å². The minimum Gasteiger partial charge on any atom is -0.490 e. The van der Waals surface area contributed by atoms with Crippen molar-refractivity contribution in [2.75, 3.05) is 18.5 Å². The molecular weight excluding hydrogens is 400 g/mol. The standard InChI is InChI=1S/C23H26N2O4S/c1-5-27-19-12-9-17(13-20(19)28-6-2)25-23(26)22-16(4)24-21(30-22)14-29-18-10-7-15(3)8-11-18/h7-13H,5-6,14H2,1-4H3,(H,25,26). The van der Waals surface area contributed by atoms with Crippen LogP contribution in [0.2, 0.25) is 0 Å². The fourth-order valence-corrected chi connectivity index (χ4v) is 3.69. The van der Waals surface area contributed by atoms with Crippen LogP contribution in [0.5, 0.6) is 17.2 Å². The van der Waals surface area contributed by atoms with Crippen molar-refractivity contribution in [3.63, 3.8) is 0 Å². The van der Waals surface area contributed by atoms with Crippen LogP contribution in [-0.4, -0.2) is 24.1 Å². The topological polar surface area (TPSA) is 69.7 Å². The van der Waals surface area contributed by atoms with Gasteiger partial charge in [-0.05, 0) is 52.0 Å². The lowest BCUT2D eigenvalue weighted by atomic mass is 10.2. The van der Waals surface area contributed by atoms with Gasteiger partial charge in [0.2, 0.25) is 0 Å². The van der Waals surface area contributed by atoms with E-state index in [1.165, 1.54) is 16.9 Å². The number of aryl methyl sites for hydroxylation is 2. The number of benzene rings is 2. The molecule has 2 aromatic carbocycles. The number of ether oxygens (including phenoxy) is 3. The molecule has 1 aromatic heterocycles. The molecule has 6 nitrogen and oxygen atoms in total. The molecule has 7 heteroatoms. The van der Waals surface area contributed by atoms with E-state index < -0.39 is 0 Å². The van der Waals surface area contributed by atoms with Crippen molar-refractivity contribution >= 4 is 22.9 Å². The maximum absolute atomic E-state index is 12.8. The number of rotatable bonds is 9. The van der Waals surface area contributed by atoms with Crippen LogP contribution in [0.1, 0.15) is 39.8 Å². The number of carbonyl (C=O) groups is 1. The second-order valence-electron chi connectivity index (χ2n) is 6.61. The molecule has 1 heterocycles. The lowest BCUT2D eigenvalue weighted by Crippen LogP contribution is -2.11. The Hall–Kier alpha value is -3.06. The monoisotopic (exact) mass is 426 g/mol. The molecule has 0 aliphatic heterocycles. The van der Waals surface area contributed by atoms with Gasteiger partial charge in [-0.1, -0.05) is 17.7 Å². The number of thiazole rings is 1. The summed E-state index contributed by atoms with van der Waals surface area (Å²) in [7, 11) is 0. The second-order valence-corrected chi connectivity index (χ2v) is 7.69. The lowest BCUT2D eigenvalue weighted by Gasteiger charge is -2.12. The van der Waals surface area contributed by atoms with E-state index >= 15 is 0 Å². The summed E-state index contributed by atoms with van der Waals surface area (Å²) in [6, 6.07) is 13.2. The van der Waals surface area contributed by atoms with E-state index in [0.29, 0.717) is 47.6 Å². The molecule has 0 atom stereocenters. The Morgan fingerprint density at radius 1 is 0.967 bits per heavy atom. The van der Waals surface area contributed by atoms with Crippen LogP contribution in [0.15, 0.2) is 42.5 Å². The number of aromatic nitrogens is 1. The van der Waals surface area contributed by atoms with E-state index in [2.05, 4.69) is 10.3 Å². The van der Waals surface area contributed by atoms with Gasteiger partial charge in [-0.3, -0.25) is 4.79 Å². The third kappa shape index (κ3) is 5.51. The zero-order valence-corrected chi connectivity index (χ0v) is 18.5. The van der Waals surface area contributed by atoms with E-state index in [1.807, 2.05) is 52.0 Å². The predicted molar refractivity (Wildman–Crippen MR) is 119 cm³/mol. The Bertz CT molecular complexity index is 999.